The van der Waals surface area contributed by atoms with Gasteiger partial charge in [0.15, 0.2) is 23.5 Å². The number of nitrogens with zero attached hydrogens (tertiary/aromatic N) is 3. The van der Waals surface area contributed by atoms with Crippen LogP contribution in [0, 0.1) is 23.7 Å². The topological polar surface area (TPSA) is 135 Å². The van der Waals surface area contributed by atoms with Gasteiger partial charge in [0.25, 0.3) is 0 Å². The quantitative estimate of drug-likeness (QED) is 0.220. The van der Waals surface area contributed by atoms with E-state index in [-0.39, 0.29) is 42.3 Å². The first-order valence-electron chi connectivity index (χ1n) is 16.8. The number of rotatable bonds is 7. The van der Waals surface area contributed by atoms with Crippen molar-refractivity contribution >= 4 is 23.6 Å². The molecule has 0 spiro atoms. The lowest BCUT2D eigenvalue weighted by Gasteiger charge is -2.47. The van der Waals surface area contributed by atoms with Crippen LogP contribution in [-0.4, -0.2) is 101 Å². The molecule has 1 fully saturated rings. The van der Waals surface area contributed by atoms with Crippen molar-refractivity contribution < 1.29 is 42.9 Å². The number of allylic oxidation sites excluding steroid dienone is 1. The molecule has 12 nitrogen and oxygen atoms in total. The molecule has 2 aliphatic heterocycles. The highest BCUT2D eigenvalue weighted by atomic mass is 16.7. The Morgan fingerprint density at radius 1 is 1.19 bits per heavy atom. The van der Waals surface area contributed by atoms with Gasteiger partial charge in [-0.1, -0.05) is 34.3 Å². The van der Waals surface area contributed by atoms with E-state index in [9.17, 15) is 19.2 Å². The highest BCUT2D eigenvalue weighted by molar-refractivity contribution is 6.00. The highest BCUT2D eigenvalue weighted by Crippen LogP contribution is 2.39. The predicted octanol–water partition coefficient (Wildman–Crippen LogP) is 5.00. The molecule has 0 aromatic carbocycles. The van der Waals surface area contributed by atoms with Gasteiger partial charge in [0.1, 0.15) is 18.3 Å². The molecule has 1 aromatic heterocycles. The molecule has 1 unspecified atom stereocenters. The van der Waals surface area contributed by atoms with Gasteiger partial charge in [-0.2, -0.15) is 0 Å². The summed E-state index contributed by atoms with van der Waals surface area (Å²) in [6.07, 6.45) is 4.47. The number of ketones is 2. The maximum atomic E-state index is 14.2. The number of hydrogen-bond donors (Lipinski definition) is 0. The second-order valence-electron chi connectivity index (χ2n) is 14.0. The summed E-state index contributed by atoms with van der Waals surface area (Å²) in [6, 6.07) is 0.165. The number of carbonyl (C=O) groups is 4. The Hall–Kier alpha value is -3.19. The largest absolute Gasteiger partial charge is 0.457 e. The molecule has 3 heterocycles. The summed E-state index contributed by atoms with van der Waals surface area (Å²) in [7, 11) is 5.56. The lowest BCUT2D eigenvalue weighted by Crippen LogP contribution is -2.57. The number of imidazole rings is 1. The van der Waals surface area contributed by atoms with E-state index in [0.29, 0.717) is 0 Å². The minimum absolute atomic E-state index is 0.0540. The minimum Gasteiger partial charge on any atom is -0.457 e. The number of hydrogen-bond acceptors (Lipinski definition) is 11. The van der Waals surface area contributed by atoms with Gasteiger partial charge in [-0.3, -0.25) is 14.4 Å². The van der Waals surface area contributed by atoms with Crippen LogP contribution in [0.4, 0.5) is 4.79 Å². The lowest BCUT2D eigenvalue weighted by atomic mass is 9.76. The summed E-state index contributed by atoms with van der Waals surface area (Å²) in [5, 5.41) is 0. The average molecular weight is 674 g/mol. The minimum atomic E-state index is -1.74. The van der Waals surface area contributed by atoms with Gasteiger partial charge in [0.2, 0.25) is 0 Å². The third-order valence-electron chi connectivity index (χ3n) is 10.1. The van der Waals surface area contributed by atoms with Gasteiger partial charge in [-0.25, -0.2) is 14.3 Å². The highest BCUT2D eigenvalue weighted by Gasteiger charge is 2.50. The fourth-order valence-corrected chi connectivity index (χ4v) is 7.12. The Morgan fingerprint density at radius 3 is 2.40 bits per heavy atom. The van der Waals surface area contributed by atoms with Gasteiger partial charge in [0.05, 0.1) is 17.8 Å². The number of carbonyl (C=O) groups excluding carboxylic acids is 4. The van der Waals surface area contributed by atoms with Crippen LogP contribution < -0.4 is 0 Å². The van der Waals surface area contributed by atoms with Crippen molar-refractivity contribution in [3.63, 3.8) is 0 Å². The molecule has 0 saturated carbocycles. The Kier molecular flexibility index (Phi) is 13.1. The standard InChI is InChI=1S/C36H55N3O9/c1-13-28-36(14-2,48-34(43)39-16-15-37-20-39)19-22(4)29(40)21(3)18-35(9,44-12)31(25(7)30(41)26(8)32(42)46-28)47-33-24(6)27(38(10)11)17-23(5)45-33/h14-16,19-21,23-28,31,33H,2,13,17-18H2,1,3-12H3/b22-19+/t21-,23-,24-,25+,26-,27+,28?,31-,33+,35+,36+/m1/s1. The number of methoxy groups -OCH3 is 1. The van der Waals surface area contributed by atoms with Crippen molar-refractivity contribution in [3.05, 3.63) is 43.0 Å². The monoisotopic (exact) mass is 673 g/mol. The van der Waals surface area contributed by atoms with Crippen molar-refractivity contribution in [2.24, 2.45) is 23.7 Å². The SMILES string of the molecule is C=C[C@]1(OC(=O)n2ccnc2)/C=C(\C)C(=O)[C@H](C)C[C@](C)(OC)[C@H](O[C@@H]2O[C@H](C)C[C@H](N(C)C)[C@H]2C)[C@@H](C)C(=O)[C@@H](C)C(=O)OC1CC. The van der Waals surface area contributed by atoms with Crippen molar-refractivity contribution in [2.45, 2.75) is 116 Å². The van der Waals surface area contributed by atoms with Crippen LogP contribution in [0.2, 0.25) is 0 Å². The first-order chi connectivity index (χ1) is 22.4. The van der Waals surface area contributed by atoms with Gasteiger partial charge in [-0.15, -0.1) is 0 Å². The van der Waals surface area contributed by atoms with Crippen LogP contribution in [0.3, 0.4) is 0 Å². The van der Waals surface area contributed by atoms with E-state index in [4.69, 9.17) is 23.7 Å². The van der Waals surface area contributed by atoms with Gasteiger partial charge in [-0.05, 0) is 78.8 Å². The van der Waals surface area contributed by atoms with Gasteiger partial charge >= 0.3 is 12.1 Å². The normalized spacial score (nSPS) is 38.5. The maximum Gasteiger partial charge on any atom is 0.420 e. The molecule has 0 aliphatic carbocycles. The molecule has 2 aliphatic rings. The van der Waals surface area contributed by atoms with E-state index in [2.05, 4.69) is 23.4 Å². The van der Waals surface area contributed by atoms with Crippen molar-refractivity contribution in [1.29, 1.82) is 0 Å². The number of ether oxygens (including phenoxy) is 5. The van der Waals surface area contributed by atoms with E-state index < -0.39 is 65.3 Å². The summed E-state index contributed by atoms with van der Waals surface area (Å²) in [4.78, 5) is 61.2. The Balaban J connectivity index is 2.14. The zero-order valence-electron chi connectivity index (χ0n) is 30.4. The second kappa shape index (κ2) is 16.0. The molecule has 0 N–H and O–H groups in total. The molecule has 11 atom stereocenters. The lowest BCUT2D eigenvalue weighted by molar-refractivity contribution is -0.280. The number of cyclic esters (lactones) is 1. The van der Waals surface area contributed by atoms with Crippen LogP contribution in [-0.2, 0) is 38.1 Å². The second-order valence-corrected chi connectivity index (χ2v) is 14.0. The van der Waals surface area contributed by atoms with Crippen molar-refractivity contribution in [3.8, 4) is 0 Å². The third-order valence-corrected chi connectivity index (χ3v) is 10.1. The Bertz CT molecular complexity index is 1340. The average Bonchev–Trinajstić information content (AvgIpc) is 3.60. The molecule has 1 aromatic rings. The van der Waals surface area contributed by atoms with Crippen LogP contribution in [0.1, 0.15) is 74.7 Å². The predicted molar refractivity (Wildman–Crippen MR) is 179 cm³/mol. The molecule has 0 bridgehead atoms. The summed E-state index contributed by atoms with van der Waals surface area (Å²) < 4.78 is 32.2. The Labute approximate surface area is 285 Å². The van der Waals surface area contributed by atoms with Crippen LogP contribution in [0.15, 0.2) is 43.0 Å². The zero-order valence-corrected chi connectivity index (χ0v) is 30.4. The van der Waals surface area contributed by atoms with E-state index in [1.54, 1.807) is 27.7 Å². The first kappa shape index (κ1) is 39.3. The summed E-state index contributed by atoms with van der Waals surface area (Å²) in [5.41, 5.74) is -2.63. The Morgan fingerprint density at radius 2 is 1.85 bits per heavy atom. The molecular formula is C36H55N3O9. The van der Waals surface area contributed by atoms with E-state index in [1.165, 1.54) is 44.9 Å². The molecular weight excluding hydrogens is 618 g/mol. The molecule has 268 valence electrons. The summed E-state index contributed by atoms with van der Waals surface area (Å²) >= 11 is 0. The van der Waals surface area contributed by atoms with Gasteiger partial charge < -0.3 is 28.6 Å². The zero-order chi connectivity index (χ0) is 36.1. The summed E-state index contributed by atoms with van der Waals surface area (Å²) in [6.45, 7) is 18.1. The van der Waals surface area contributed by atoms with Crippen molar-refractivity contribution in [1.82, 2.24) is 14.5 Å². The number of Topliss-reactive ketones (excluding diaryl/α,β-unsaturated/α-hetero) is 2. The van der Waals surface area contributed by atoms with E-state index in [0.717, 1.165) is 11.0 Å². The molecule has 1 saturated heterocycles. The fourth-order valence-electron chi connectivity index (χ4n) is 7.12. The number of aromatic nitrogens is 2. The molecule has 48 heavy (non-hydrogen) atoms. The number of esters is 1. The fraction of sp³-hybridized carbons (Fsp3) is 0.694. The third kappa shape index (κ3) is 8.33. The molecule has 0 amide bonds. The van der Waals surface area contributed by atoms with E-state index >= 15 is 0 Å². The van der Waals surface area contributed by atoms with E-state index in [1.807, 2.05) is 27.9 Å². The van der Waals surface area contributed by atoms with Crippen molar-refractivity contribution in [2.75, 3.05) is 21.2 Å². The van der Waals surface area contributed by atoms with Crippen LogP contribution in [0.5, 0.6) is 0 Å². The summed E-state index contributed by atoms with van der Waals surface area (Å²) in [5.74, 6) is -4.24. The maximum absolute atomic E-state index is 14.2. The van der Waals surface area contributed by atoms with Gasteiger partial charge in [0, 0.05) is 43.3 Å². The first-order valence-corrected chi connectivity index (χ1v) is 16.8. The smallest absolute Gasteiger partial charge is 0.420 e. The van der Waals surface area contributed by atoms with Crippen LogP contribution in [0.25, 0.3) is 0 Å². The molecule has 12 heteroatoms. The molecule has 3 rings (SSSR count). The molecule has 0 radical (unpaired) electrons. The van der Waals surface area contributed by atoms with Crippen LogP contribution >= 0.6 is 0 Å².